The van der Waals surface area contributed by atoms with E-state index >= 15 is 0 Å². The van der Waals surface area contributed by atoms with Gasteiger partial charge in [-0.25, -0.2) is 9.97 Å². The van der Waals surface area contributed by atoms with Crippen molar-refractivity contribution in [3.05, 3.63) is 60.0 Å². The second-order valence-corrected chi connectivity index (χ2v) is 6.59. The molecule has 0 spiro atoms. The number of anilines is 2. The molecule has 1 saturated carbocycles. The lowest BCUT2D eigenvalue weighted by Gasteiger charge is -2.09. The molecule has 0 amide bonds. The van der Waals surface area contributed by atoms with E-state index in [1.54, 1.807) is 6.20 Å². The molecule has 6 nitrogen and oxygen atoms in total. The molecule has 4 aromatic rings. The molecule has 1 fully saturated rings. The van der Waals surface area contributed by atoms with E-state index in [0.717, 1.165) is 22.7 Å². The van der Waals surface area contributed by atoms with Gasteiger partial charge in [-0.15, -0.1) is 0 Å². The van der Waals surface area contributed by atoms with Crippen molar-refractivity contribution >= 4 is 17.4 Å². The number of hydrogen-bond acceptors (Lipinski definition) is 4. The molecule has 5 rings (SSSR count). The molecule has 1 aliphatic rings. The quantitative estimate of drug-likeness (QED) is 0.592. The molecule has 0 radical (unpaired) electrons. The SMILES string of the molecule is Cc1ccc(-c2cc3nccn3c(Nc3cc(C4CC4)[nH]n3)n2)cc1. The number of benzene rings is 1. The molecule has 124 valence electrons. The molecule has 0 aliphatic heterocycles. The topological polar surface area (TPSA) is 70.9 Å². The molecule has 0 atom stereocenters. The average Bonchev–Trinajstić information content (AvgIpc) is 3.17. The number of H-pyrrole nitrogens is 1. The van der Waals surface area contributed by atoms with Crippen LogP contribution >= 0.6 is 0 Å². The zero-order valence-corrected chi connectivity index (χ0v) is 13.9. The van der Waals surface area contributed by atoms with E-state index in [9.17, 15) is 0 Å². The zero-order chi connectivity index (χ0) is 16.8. The lowest BCUT2D eigenvalue weighted by Crippen LogP contribution is -2.02. The van der Waals surface area contributed by atoms with Gasteiger partial charge in [0.05, 0.1) is 5.69 Å². The van der Waals surface area contributed by atoms with Crippen LogP contribution in [-0.4, -0.2) is 24.6 Å². The van der Waals surface area contributed by atoms with Crippen LogP contribution in [0.25, 0.3) is 16.9 Å². The molecule has 2 N–H and O–H groups in total. The van der Waals surface area contributed by atoms with Crippen molar-refractivity contribution in [2.45, 2.75) is 25.7 Å². The summed E-state index contributed by atoms with van der Waals surface area (Å²) in [6.45, 7) is 2.08. The first-order valence-electron chi connectivity index (χ1n) is 8.50. The normalized spacial score (nSPS) is 14.1. The number of nitrogens with zero attached hydrogens (tertiary/aromatic N) is 4. The van der Waals surface area contributed by atoms with Crippen LogP contribution in [0.1, 0.15) is 30.0 Å². The summed E-state index contributed by atoms with van der Waals surface area (Å²) in [6.07, 6.45) is 6.17. The van der Waals surface area contributed by atoms with Crippen LogP contribution in [0.3, 0.4) is 0 Å². The van der Waals surface area contributed by atoms with Gasteiger partial charge < -0.3 is 5.32 Å². The predicted molar refractivity (Wildman–Crippen MR) is 97.0 cm³/mol. The van der Waals surface area contributed by atoms with E-state index in [1.807, 2.05) is 16.7 Å². The molecular weight excluding hydrogens is 312 g/mol. The highest BCUT2D eigenvalue weighted by atomic mass is 15.3. The van der Waals surface area contributed by atoms with Crippen molar-refractivity contribution in [2.24, 2.45) is 0 Å². The van der Waals surface area contributed by atoms with E-state index < -0.39 is 0 Å². The van der Waals surface area contributed by atoms with Crippen LogP contribution in [0.5, 0.6) is 0 Å². The third-order valence-electron chi connectivity index (χ3n) is 4.59. The van der Waals surface area contributed by atoms with Crippen LogP contribution in [-0.2, 0) is 0 Å². The molecule has 1 aromatic carbocycles. The summed E-state index contributed by atoms with van der Waals surface area (Å²) in [6, 6.07) is 12.4. The summed E-state index contributed by atoms with van der Waals surface area (Å²) < 4.78 is 1.93. The summed E-state index contributed by atoms with van der Waals surface area (Å²) in [5.74, 6) is 2.13. The first kappa shape index (κ1) is 14.2. The predicted octanol–water partition coefficient (Wildman–Crippen LogP) is 4.05. The number of nitrogens with one attached hydrogen (secondary N) is 2. The Hall–Kier alpha value is -3.15. The highest BCUT2D eigenvalue weighted by Crippen LogP contribution is 2.39. The zero-order valence-electron chi connectivity index (χ0n) is 13.9. The third kappa shape index (κ3) is 2.65. The van der Waals surface area contributed by atoms with E-state index in [1.165, 1.54) is 24.1 Å². The Kier molecular flexibility index (Phi) is 3.09. The van der Waals surface area contributed by atoms with Crippen molar-refractivity contribution in [1.82, 2.24) is 24.6 Å². The molecule has 0 unspecified atom stereocenters. The van der Waals surface area contributed by atoms with Gasteiger partial charge in [-0.3, -0.25) is 9.50 Å². The van der Waals surface area contributed by atoms with Gasteiger partial charge >= 0.3 is 0 Å². The van der Waals surface area contributed by atoms with Crippen molar-refractivity contribution in [3.63, 3.8) is 0 Å². The maximum atomic E-state index is 4.80. The van der Waals surface area contributed by atoms with Gasteiger partial charge in [0, 0.05) is 41.7 Å². The minimum Gasteiger partial charge on any atom is -0.308 e. The fourth-order valence-electron chi connectivity index (χ4n) is 3.00. The minimum atomic E-state index is 0.642. The van der Waals surface area contributed by atoms with E-state index in [2.05, 4.69) is 57.8 Å². The average molecular weight is 330 g/mol. The summed E-state index contributed by atoms with van der Waals surface area (Å²) in [5.41, 5.74) is 5.23. The molecule has 3 aromatic heterocycles. The van der Waals surface area contributed by atoms with Gasteiger partial charge in [-0.1, -0.05) is 29.8 Å². The van der Waals surface area contributed by atoms with Gasteiger partial charge in [0.2, 0.25) is 5.95 Å². The monoisotopic (exact) mass is 330 g/mol. The number of aryl methyl sites for hydroxylation is 1. The Balaban J connectivity index is 1.55. The summed E-state index contributed by atoms with van der Waals surface area (Å²) in [7, 11) is 0. The van der Waals surface area contributed by atoms with Crippen LogP contribution in [0.2, 0.25) is 0 Å². The minimum absolute atomic E-state index is 0.642. The first-order valence-corrected chi connectivity index (χ1v) is 8.50. The molecule has 0 bridgehead atoms. The molecular formula is C19H18N6. The van der Waals surface area contributed by atoms with E-state index in [4.69, 9.17) is 4.98 Å². The molecule has 3 heterocycles. The smallest absolute Gasteiger partial charge is 0.214 e. The summed E-state index contributed by atoms with van der Waals surface area (Å²) >= 11 is 0. The lowest BCUT2D eigenvalue weighted by molar-refractivity contribution is 0.964. The molecule has 25 heavy (non-hydrogen) atoms. The molecule has 6 heteroatoms. The standard InChI is InChI=1S/C19H18N6/c1-12-2-4-13(5-3-12)15-11-18-20-8-9-25(18)19(21-15)22-17-10-16(23-24-17)14-6-7-14/h2-5,8-11,14H,6-7H2,1H3,(H2,21,22,23,24). The summed E-state index contributed by atoms with van der Waals surface area (Å²) in [4.78, 5) is 9.22. The van der Waals surface area contributed by atoms with E-state index in [0.29, 0.717) is 11.9 Å². The van der Waals surface area contributed by atoms with Gasteiger partial charge in [-0.05, 0) is 19.8 Å². The fourth-order valence-corrected chi connectivity index (χ4v) is 3.00. The van der Waals surface area contributed by atoms with Crippen LogP contribution in [0.15, 0.2) is 48.8 Å². The fraction of sp³-hybridized carbons (Fsp3) is 0.211. The summed E-state index contributed by atoms with van der Waals surface area (Å²) in [5, 5.41) is 10.8. The Morgan fingerprint density at radius 1 is 1.16 bits per heavy atom. The van der Waals surface area contributed by atoms with Gasteiger partial charge in [0.25, 0.3) is 0 Å². The van der Waals surface area contributed by atoms with E-state index in [-0.39, 0.29) is 0 Å². The molecule has 0 saturated heterocycles. The Labute approximate surface area is 145 Å². The Morgan fingerprint density at radius 2 is 2.00 bits per heavy atom. The van der Waals surface area contributed by atoms with Crippen molar-refractivity contribution < 1.29 is 0 Å². The number of aromatic amines is 1. The third-order valence-corrected chi connectivity index (χ3v) is 4.59. The maximum absolute atomic E-state index is 4.80. The largest absolute Gasteiger partial charge is 0.308 e. The van der Waals surface area contributed by atoms with Crippen LogP contribution in [0.4, 0.5) is 11.8 Å². The Morgan fingerprint density at radius 3 is 2.80 bits per heavy atom. The number of rotatable bonds is 4. The van der Waals surface area contributed by atoms with Crippen molar-refractivity contribution in [2.75, 3.05) is 5.32 Å². The number of imidazole rings is 1. The van der Waals surface area contributed by atoms with Crippen molar-refractivity contribution in [3.8, 4) is 11.3 Å². The second-order valence-electron chi connectivity index (χ2n) is 6.59. The van der Waals surface area contributed by atoms with Crippen LogP contribution < -0.4 is 5.32 Å². The maximum Gasteiger partial charge on any atom is 0.214 e. The molecule has 1 aliphatic carbocycles. The van der Waals surface area contributed by atoms with Gasteiger partial charge in [-0.2, -0.15) is 5.10 Å². The number of hydrogen-bond donors (Lipinski definition) is 2. The van der Waals surface area contributed by atoms with Crippen molar-refractivity contribution in [1.29, 1.82) is 0 Å². The highest BCUT2D eigenvalue weighted by Gasteiger charge is 2.25. The second kappa shape index (κ2) is 5.44. The van der Waals surface area contributed by atoms with Gasteiger partial charge in [0.15, 0.2) is 5.82 Å². The number of aromatic nitrogens is 5. The highest BCUT2D eigenvalue weighted by molar-refractivity contribution is 5.67. The number of fused-ring (bicyclic) bond motifs is 1. The lowest BCUT2D eigenvalue weighted by atomic mass is 10.1. The Bertz CT molecular complexity index is 1040. The van der Waals surface area contributed by atoms with Gasteiger partial charge in [0.1, 0.15) is 5.65 Å². The first-order chi connectivity index (χ1) is 12.3. The van der Waals surface area contributed by atoms with Crippen LogP contribution in [0, 0.1) is 6.92 Å².